The first-order chi connectivity index (χ1) is 9.05. The van der Waals surface area contributed by atoms with Crippen LogP contribution in [-0.4, -0.2) is 24.5 Å². The van der Waals surface area contributed by atoms with Crippen molar-refractivity contribution in [1.82, 2.24) is 0 Å². The highest BCUT2D eigenvalue weighted by molar-refractivity contribution is 5.94. The average molecular weight is 299 g/mol. The van der Waals surface area contributed by atoms with E-state index in [0.717, 1.165) is 12.1 Å². The van der Waals surface area contributed by atoms with Gasteiger partial charge in [0.15, 0.2) is 0 Å². The fourth-order valence-corrected chi connectivity index (χ4v) is 1.39. The molecule has 0 heterocycles. The quantitative estimate of drug-likeness (QED) is 0.688. The van der Waals surface area contributed by atoms with Gasteiger partial charge in [0.05, 0.1) is 0 Å². The highest BCUT2D eigenvalue weighted by Crippen LogP contribution is 2.39. The lowest BCUT2D eigenvalue weighted by atomic mass is 10.1. The summed E-state index contributed by atoms with van der Waals surface area (Å²) in [5.41, 5.74) is -0.337. The molecule has 3 nitrogen and oxygen atoms in total. The van der Waals surface area contributed by atoms with Gasteiger partial charge in [0.25, 0.3) is 0 Å². The first kappa shape index (κ1) is 16.0. The zero-order chi connectivity index (χ0) is 15.6. The van der Waals surface area contributed by atoms with Crippen LogP contribution in [0, 0.1) is 5.92 Å². The number of aldehydes is 1. The molecule has 0 bridgehead atoms. The molecule has 0 aliphatic heterocycles. The van der Waals surface area contributed by atoms with Crippen LogP contribution < -0.4 is 5.32 Å². The van der Waals surface area contributed by atoms with Crippen molar-refractivity contribution >= 4 is 17.9 Å². The monoisotopic (exact) mass is 299 g/mol. The van der Waals surface area contributed by atoms with E-state index in [1.54, 1.807) is 0 Å². The maximum atomic E-state index is 12.3. The number of rotatable bonds is 3. The van der Waals surface area contributed by atoms with Gasteiger partial charge in [-0.15, -0.1) is 0 Å². The summed E-state index contributed by atoms with van der Waals surface area (Å²) in [7, 11) is 0. The van der Waals surface area contributed by atoms with Gasteiger partial charge in [-0.25, -0.2) is 0 Å². The minimum Gasteiger partial charge on any atom is -0.325 e. The molecular weight excluding hydrogens is 292 g/mol. The number of anilines is 1. The molecule has 0 fully saturated rings. The standard InChI is InChI=1S/C11H7F6NO2/c12-10(13,14)8(11(15,16)17)9(20)18-7-3-1-2-6(4-7)5-19/h1-5,8H,(H,18,20). The highest BCUT2D eigenvalue weighted by atomic mass is 19.4. The van der Waals surface area contributed by atoms with Crippen molar-refractivity contribution < 1.29 is 35.9 Å². The molecular formula is C11H7F6NO2. The Morgan fingerprint density at radius 2 is 1.65 bits per heavy atom. The molecule has 110 valence electrons. The molecule has 9 heteroatoms. The number of carbonyl (C=O) groups excluding carboxylic acids is 2. The van der Waals surface area contributed by atoms with E-state index in [2.05, 4.69) is 0 Å². The topological polar surface area (TPSA) is 46.2 Å². The Balaban J connectivity index is 3.00. The zero-order valence-corrected chi connectivity index (χ0v) is 9.55. The maximum Gasteiger partial charge on any atom is 0.409 e. The summed E-state index contributed by atoms with van der Waals surface area (Å²) in [6.07, 6.45) is -11.2. The molecule has 0 saturated carbocycles. The van der Waals surface area contributed by atoms with Crippen molar-refractivity contribution in [2.45, 2.75) is 12.4 Å². The minimum atomic E-state index is -5.76. The number of halogens is 6. The number of benzene rings is 1. The van der Waals surface area contributed by atoms with Gasteiger partial charge in [0.1, 0.15) is 6.29 Å². The number of hydrogen-bond acceptors (Lipinski definition) is 2. The summed E-state index contributed by atoms with van der Waals surface area (Å²) in [6, 6.07) is 4.49. The lowest BCUT2D eigenvalue weighted by Crippen LogP contribution is -2.45. The second-order valence-corrected chi connectivity index (χ2v) is 3.75. The SMILES string of the molecule is O=Cc1cccc(NC(=O)C(C(F)(F)F)C(F)(F)F)c1. The molecule has 0 spiro atoms. The molecule has 0 aromatic heterocycles. The molecule has 1 aromatic carbocycles. The van der Waals surface area contributed by atoms with Gasteiger partial charge < -0.3 is 5.32 Å². The lowest BCUT2D eigenvalue weighted by Gasteiger charge is -2.22. The third kappa shape index (κ3) is 3.97. The van der Waals surface area contributed by atoms with Gasteiger partial charge in [-0.1, -0.05) is 12.1 Å². The summed E-state index contributed by atoms with van der Waals surface area (Å²) in [5, 5.41) is 1.49. The molecule has 20 heavy (non-hydrogen) atoms. The van der Waals surface area contributed by atoms with Gasteiger partial charge in [-0.2, -0.15) is 26.3 Å². The summed E-state index contributed by atoms with van der Waals surface area (Å²) in [4.78, 5) is 21.6. The van der Waals surface area contributed by atoms with E-state index in [-0.39, 0.29) is 11.3 Å². The van der Waals surface area contributed by atoms with Crippen molar-refractivity contribution in [2.75, 3.05) is 5.32 Å². The first-order valence-electron chi connectivity index (χ1n) is 5.05. The Hall–Kier alpha value is -2.06. The number of amides is 1. The predicted molar refractivity (Wildman–Crippen MR) is 56.1 cm³/mol. The summed E-state index contributed by atoms with van der Waals surface area (Å²) < 4.78 is 73.7. The molecule has 0 radical (unpaired) electrons. The van der Waals surface area contributed by atoms with E-state index in [0.29, 0.717) is 6.29 Å². The molecule has 1 amide bonds. The minimum absolute atomic E-state index is 0.00151. The Bertz CT molecular complexity index is 494. The molecule has 0 aliphatic rings. The molecule has 0 unspecified atom stereocenters. The smallest absolute Gasteiger partial charge is 0.325 e. The largest absolute Gasteiger partial charge is 0.409 e. The summed E-state index contributed by atoms with van der Waals surface area (Å²) >= 11 is 0. The van der Waals surface area contributed by atoms with Crippen LogP contribution in [0.5, 0.6) is 0 Å². The van der Waals surface area contributed by atoms with Gasteiger partial charge in [0.2, 0.25) is 11.8 Å². The van der Waals surface area contributed by atoms with Gasteiger partial charge in [-0.3, -0.25) is 9.59 Å². The Labute approximate surface area is 108 Å². The van der Waals surface area contributed by atoms with E-state index < -0.39 is 24.2 Å². The van der Waals surface area contributed by atoms with E-state index in [4.69, 9.17) is 0 Å². The number of alkyl halides is 6. The zero-order valence-electron chi connectivity index (χ0n) is 9.55. The molecule has 0 saturated heterocycles. The third-order valence-electron chi connectivity index (χ3n) is 2.21. The van der Waals surface area contributed by atoms with E-state index >= 15 is 0 Å². The van der Waals surface area contributed by atoms with Crippen LogP contribution in [-0.2, 0) is 4.79 Å². The summed E-state index contributed by atoms with van der Waals surface area (Å²) in [6.45, 7) is 0. The van der Waals surface area contributed by atoms with Gasteiger partial charge in [0, 0.05) is 11.3 Å². The van der Waals surface area contributed by atoms with E-state index in [9.17, 15) is 35.9 Å². The Kier molecular flexibility index (Phi) is 4.41. The van der Waals surface area contributed by atoms with Crippen molar-refractivity contribution in [3.63, 3.8) is 0 Å². The molecule has 1 rings (SSSR count). The summed E-state index contributed by atoms with van der Waals surface area (Å²) in [5.74, 6) is -6.39. The van der Waals surface area contributed by atoms with Crippen LogP contribution >= 0.6 is 0 Å². The van der Waals surface area contributed by atoms with Crippen molar-refractivity contribution in [3.8, 4) is 0 Å². The molecule has 0 atom stereocenters. The molecule has 1 aromatic rings. The number of nitrogens with one attached hydrogen (secondary N) is 1. The lowest BCUT2D eigenvalue weighted by molar-refractivity contribution is -0.272. The highest BCUT2D eigenvalue weighted by Gasteiger charge is 2.61. The van der Waals surface area contributed by atoms with E-state index in [1.807, 2.05) is 0 Å². The predicted octanol–water partition coefficient (Wildman–Crippen LogP) is 3.18. The van der Waals surface area contributed by atoms with Crippen LogP contribution in [0.25, 0.3) is 0 Å². The number of hydrogen-bond donors (Lipinski definition) is 1. The van der Waals surface area contributed by atoms with Crippen molar-refractivity contribution in [2.24, 2.45) is 5.92 Å². The third-order valence-corrected chi connectivity index (χ3v) is 2.21. The van der Waals surface area contributed by atoms with Gasteiger partial charge >= 0.3 is 12.4 Å². The van der Waals surface area contributed by atoms with Crippen LogP contribution in [0.4, 0.5) is 32.0 Å². The van der Waals surface area contributed by atoms with Crippen LogP contribution in [0.1, 0.15) is 10.4 Å². The molecule has 0 aliphatic carbocycles. The van der Waals surface area contributed by atoms with Crippen LogP contribution in [0.2, 0.25) is 0 Å². The van der Waals surface area contributed by atoms with Gasteiger partial charge in [-0.05, 0) is 12.1 Å². The average Bonchev–Trinajstić information content (AvgIpc) is 2.24. The normalized spacial score (nSPS) is 12.3. The Morgan fingerprint density at radius 1 is 1.10 bits per heavy atom. The molecule has 1 N–H and O–H groups in total. The maximum absolute atomic E-state index is 12.3. The van der Waals surface area contributed by atoms with Crippen molar-refractivity contribution in [3.05, 3.63) is 29.8 Å². The fraction of sp³-hybridized carbons (Fsp3) is 0.273. The first-order valence-corrected chi connectivity index (χ1v) is 5.05. The van der Waals surface area contributed by atoms with Crippen LogP contribution in [0.3, 0.4) is 0 Å². The Morgan fingerprint density at radius 3 is 2.10 bits per heavy atom. The van der Waals surface area contributed by atoms with Crippen molar-refractivity contribution in [1.29, 1.82) is 0 Å². The second kappa shape index (κ2) is 5.51. The van der Waals surface area contributed by atoms with Crippen LogP contribution in [0.15, 0.2) is 24.3 Å². The van der Waals surface area contributed by atoms with E-state index in [1.165, 1.54) is 17.4 Å². The fourth-order valence-electron chi connectivity index (χ4n) is 1.39. The number of carbonyl (C=O) groups is 2. The second-order valence-electron chi connectivity index (χ2n) is 3.75.